The Morgan fingerprint density at radius 1 is 1.02 bits per heavy atom. The average Bonchev–Trinajstić information content (AvgIpc) is 3.47. The first-order valence-corrected chi connectivity index (χ1v) is 16.0. The highest BCUT2D eigenvalue weighted by Gasteiger charge is 2.35. The molecule has 2 aromatic carbocycles. The largest absolute Gasteiger partial charge is 0.496 e. The van der Waals surface area contributed by atoms with Crippen molar-refractivity contribution in [1.29, 1.82) is 0 Å². The molecule has 47 heavy (non-hydrogen) atoms. The summed E-state index contributed by atoms with van der Waals surface area (Å²) in [7, 11) is 1.52. The van der Waals surface area contributed by atoms with Crippen LogP contribution in [0.15, 0.2) is 35.9 Å². The lowest BCUT2D eigenvalue weighted by molar-refractivity contribution is -0.144. The summed E-state index contributed by atoms with van der Waals surface area (Å²) in [4.78, 5) is 54.7. The number of fused-ring (bicyclic) bond motifs is 1. The average molecular weight is 653 g/mol. The Labute approximate surface area is 275 Å². The van der Waals surface area contributed by atoms with Gasteiger partial charge in [0.2, 0.25) is 0 Å². The number of hydrogen-bond acceptors (Lipinski definition) is 11. The number of allylic oxidation sites excluding steroid dienone is 2. The van der Waals surface area contributed by atoms with E-state index in [9.17, 15) is 19.2 Å². The molecular formula is C35H44N2O10. The highest BCUT2D eigenvalue weighted by Crippen LogP contribution is 2.43. The molecule has 0 saturated carbocycles. The number of ether oxygens (including phenoxy) is 6. The van der Waals surface area contributed by atoms with Gasteiger partial charge in [-0.2, -0.15) is 0 Å². The maximum Gasteiger partial charge on any atom is 0.419 e. The Kier molecular flexibility index (Phi) is 12.8. The van der Waals surface area contributed by atoms with Crippen LogP contribution in [0.2, 0.25) is 0 Å². The molecule has 0 spiro atoms. The van der Waals surface area contributed by atoms with Crippen LogP contribution in [-0.4, -0.2) is 88.6 Å². The van der Waals surface area contributed by atoms with Gasteiger partial charge in [0.15, 0.2) is 5.75 Å². The molecule has 0 atom stereocenters. The molecule has 1 saturated heterocycles. The Hall–Kier alpha value is -4.42. The zero-order valence-corrected chi connectivity index (χ0v) is 27.8. The second-order valence-electron chi connectivity index (χ2n) is 11.2. The second kappa shape index (κ2) is 16.9. The van der Waals surface area contributed by atoms with Crippen LogP contribution in [-0.2, 0) is 36.8 Å². The molecule has 254 valence electrons. The molecule has 4 rings (SSSR count). The molecule has 1 amide bonds. The number of hydrogen-bond donors (Lipinski definition) is 0. The normalized spacial score (nSPS) is 14.7. The van der Waals surface area contributed by atoms with Crippen molar-refractivity contribution < 1.29 is 47.6 Å². The number of carbonyl (C=O) groups excluding carboxylic acids is 4. The van der Waals surface area contributed by atoms with E-state index in [1.54, 1.807) is 38.1 Å². The van der Waals surface area contributed by atoms with E-state index in [0.29, 0.717) is 60.9 Å². The molecular weight excluding hydrogens is 608 g/mol. The van der Waals surface area contributed by atoms with Crippen molar-refractivity contribution in [1.82, 2.24) is 4.90 Å². The monoisotopic (exact) mass is 652 g/mol. The lowest BCUT2D eigenvalue weighted by atomic mass is 9.94. The first-order valence-electron chi connectivity index (χ1n) is 16.0. The van der Waals surface area contributed by atoms with Gasteiger partial charge in [-0.25, -0.2) is 14.4 Å². The number of anilines is 1. The summed E-state index contributed by atoms with van der Waals surface area (Å²) in [5.74, 6) is -0.762. The van der Waals surface area contributed by atoms with Gasteiger partial charge < -0.3 is 28.4 Å². The van der Waals surface area contributed by atoms with E-state index in [1.807, 2.05) is 19.9 Å². The molecule has 1 fully saturated rings. The van der Waals surface area contributed by atoms with Gasteiger partial charge in [0.1, 0.15) is 24.5 Å². The molecule has 0 aromatic heterocycles. The quantitative estimate of drug-likeness (QED) is 0.155. The number of methoxy groups -OCH3 is 1. The van der Waals surface area contributed by atoms with E-state index in [2.05, 4.69) is 4.90 Å². The number of cyclic esters (lactones) is 1. The van der Waals surface area contributed by atoms with Crippen molar-refractivity contribution in [2.45, 2.75) is 53.6 Å². The number of morpholine rings is 1. The minimum absolute atomic E-state index is 0.0382. The highest BCUT2D eigenvalue weighted by atomic mass is 16.6. The van der Waals surface area contributed by atoms with Crippen molar-refractivity contribution in [3.63, 3.8) is 0 Å². The van der Waals surface area contributed by atoms with Crippen LogP contribution >= 0.6 is 0 Å². The molecule has 2 aromatic rings. The number of rotatable bonds is 14. The van der Waals surface area contributed by atoms with Crippen LogP contribution in [0, 0.1) is 6.92 Å². The van der Waals surface area contributed by atoms with E-state index in [-0.39, 0.29) is 49.9 Å². The zero-order chi connectivity index (χ0) is 33.9. The van der Waals surface area contributed by atoms with Gasteiger partial charge in [-0.1, -0.05) is 11.6 Å². The number of esters is 3. The third-order valence-electron chi connectivity index (χ3n) is 8.19. The van der Waals surface area contributed by atoms with Crippen LogP contribution in [0.3, 0.4) is 0 Å². The summed E-state index contributed by atoms with van der Waals surface area (Å²) >= 11 is 0. The van der Waals surface area contributed by atoms with E-state index < -0.39 is 18.0 Å². The van der Waals surface area contributed by atoms with Gasteiger partial charge in [-0.05, 0) is 70.4 Å². The smallest absolute Gasteiger partial charge is 0.419 e. The minimum atomic E-state index is -0.717. The van der Waals surface area contributed by atoms with E-state index in [1.165, 1.54) is 12.0 Å². The number of amides is 1. The fraction of sp³-hybridized carbons (Fsp3) is 0.486. The lowest BCUT2D eigenvalue weighted by Gasteiger charge is -2.26. The Morgan fingerprint density at radius 3 is 2.40 bits per heavy atom. The van der Waals surface area contributed by atoms with Crippen molar-refractivity contribution in [2.75, 3.05) is 64.6 Å². The molecule has 0 N–H and O–H groups in total. The fourth-order valence-electron chi connectivity index (χ4n) is 5.54. The predicted molar refractivity (Wildman–Crippen MR) is 173 cm³/mol. The minimum Gasteiger partial charge on any atom is -0.496 e. The number of nitrogens with zero attached hydrogens (tertiary/aromatic N) is 2. The summed E-state index contributed by atoms with van der Waals surface area (Å²) in [6, 6.07) is 6.41. The van der Waals surface area contributed by atoms with E-state index >= 15 is 0 Å². The predicted octanol–water partition coefficient (Wildman–Crippen LogP) is 5.02. The molecule has 2 heterocycles. The molecule has 0 aliphatic carbocycles. The van der Waals surface area contributed by atoms with Crippen LogP contribution in [0.5, 0.6) is 11.5 Å². The van der Waals surface area contributed by atoms with Gasteiger partial charge in [0.25, 0.3) is 0 Å². The first-order chi connectivity index (χ1) is 22.7. The summed E-state index contributed by atoms with van der Waals surface area (Å²) in [5.41, 5.74) is 3.80. The van der Waals surface area contributed by atoms with Gasteiger partial charge in [-0.15, -0.1) is 0 Å². The van der Waals surface area contributed by atoms with Crippen molar-refractivity contribution in [3.8, 4) is 11.5 Å². The second-order valence-corrected chi connectivity index (χ2v) is 11.2. The van der Waals surface area contributed by atoms with Crippen LogP contribution < -0.4 is 14.4 Å². The molecule has 2 aliphatic heterocycles. The highest BCUT2D eigenvalue weighted by molar-refractivity contribution is 6.00. The summed E-state index contributed by atoms with van der Waals surface area (Å²) in [6.45, 7) is 11.9. The summed E-state index contributed by atoms with van der Waals surface area (Å²) < 4.78 is 33.0. The van der Waals surface area contributed by atoms with E-state index in [0.717, 1.165) is 24.2 Å². The Balaban J connectivity index is 1.51. The third-order valence-corrected chi connectivity index (χ3v) is 8.19. The maximum absolute atomic E-state index is 13.7. The molecule has 0 bridgehead atoms. The first kappa shape index (κ1) is 35.4. The van der Waals surface area contributed by atoms with Crippen molar-refractivity contribution in [3.05, 3.63) is 63.7 Å². The van der Waals surface area contributed by atoms with Gasteiger partial charge in [0.05, 0.1) is 32.5 Å². The van der Waals surface area contributed by atoms with Gasteiger partial charge >= 0.3 is 24.0 Å². The number of benzene rings is 2. The molecule has 0 unspecified atom stereocenters. The van der Waals surface area contributed by atoms with Crippen LogP contribution in [0.25, 0.3) is 0 Å². The standard InChI is InChI=1S/C35H44N2O10/c1-6-37(26-12-10-25(11-13-26)33(39)44-7-2)35(41)47-32-27(31(42-5)24(4)28-22-46-34(40)30(28)32)14-8-23(3)9-15-29(38)45-21-18-36-16-19-43-20-17-36/h8,10-13H,6-7,9,14-22H2,1-5H3/b23-8+. The van der Waals surface area contributed by atoms with Crippen molar-refractivity contribution >= 4 is 29.7 Å². The summed E-state index contributed by atoms with van der Waals surface area (Å²) in [6.07, 6.45) is 2.18. The van der Waals surface area contributed by atoms with E-state index in [4.69, 9.17) is 28.4 Å². The molecule has 12 nitrogen and oxygen atoms in total. The van der Waals surface area contributed by atoms with Crippen molar-refractivity contribution in [2.24, 2.45) is 0 Å². The zero-order valence-electron chi connectivity index (χ0n) is 27.8. The topological polar surface area (TPSA) is 130 Å². The number of carbonyl (C=O) groups is 4. The van der Waals surface area contributed by atoms with Crippen LogP contribution in [0.1, 0.15) is 71.0 Å². The molecule has 0 radical (unpaired) electrons. The fourth-order valence-corrected chi connectivity index (χ4v) is 5.54. The Morgan fingerprint density at radius 2 is 1.74 bits per heavy atom. The molecule has 12 heteroatoms. The van der Waals surface area contributed by atoms with Gasteiger partial charge in [-0.3, -0.25) is 14.6 Å². The third kappa shape index (κ3) is 8.89. The summed E-state index contributed by atoms with van der Waals surface area (Å²) in [5, 5.41) is 0. The molecule has 2 aliphatic rings. The Bertz CT molecular complexity index is 1480. The maximum atomic E-state index is 13.7. The van der Waals surface area contributed by atoms with Gasteiger partial charge in [0, 0.05) is 49.4 Å². The van der Waals surface area contributed by atoms with Crippen LogP contribution in [0.4, 0.5) is 10.5 Å². The SMILES string of the molecule is CCOC(=O)c1ccc(N(CC)C(=O)Oc2c(C/C=C(\C)CCC(=O)OCCN3CCOCC3)c(OC)c(C)c3c2C(=O)OC3)cc1. The lowest BCUT2D eigenvalue weighted by Crippen LogP contribution is -2.38.